The number of hydrogen-bond donors (Lipinski definition) is 1. The molecule has 0 spiro atoms. The van der Waals surface area contributed by atoms with E-state index < -0.39 is 0 Å². The Morgan fingerprint density at radius 1 is 1.08 bits per heavy atom. The Balaban J connectivity index is 1.67. The van der Waals surface area contributed by atoms with Gasteiger partial charge in [0.05, 0.1) is 0 Å². The molecule has 1 heterocycles. The first-order valence-corrected chi connectivity index (χ1v) is 6.07. The van der Waals surface area contributed by atoms with Crippen LogP contribution in [0.2, 0.25) is 0 Å². The van der Waals surface area contributed by atoms with Crippen LogP contribution < -0.4 is 5.32 Å². The zero-order valence-electron chi connectivity index (χ0n) is 8.63. The van der Waals surface area contributed by atoms with Crippen molar-refractivity contribution in [3.63, 3.8) is 0 Å². The second-order valence-electron chi connectivity index (χ2n) is 5.54. The van der Waals surface area contributed by atoms with Gasteiger partial charge in [0, 0.05) is 0 Å². The maximum atomic E-state index is 3.52. The summed E-state index contributed by atoms with van der Waals surface area (Å²) in [6, 6.07) is 0. The minimum Gasteiger partial charge on any atom is -0.316 e. The summed E-state index contributed by atoms with van der Waals surface area (Å²) in [6.07, 6.45) is 6.09. The summed E-state index contributed by atoms with van der Waals surface area (Å²) in [6.45, 7) is 5.09. The highest BCUT2D eigenvalue weighted by atomic mass is 14.9. The second kappa shape index (κ2) is 2.98. The third-order valence-corrected chi connectivity index (χ3v) is 4.97. The van der Waals surface area contributed by atoms with Crippen LogP contribution in [0.4, 0.5) is 0 Å². The first-order valence-electron chi connectivity index (χ1n) is 6.07. The maximum absolute atomic E-state index is 3.52. The van der Waals surface area contributed by atoms with Crippen molar-refractivity contribution in [1.82, 2.24) is 5.32 Å². The number of hydrogen-bond acceptors (Lipinski definition) is 1. The molecule has 0 radical (unpaired) electrons. The van der Waals surface area contributed by atoms with Gasteiger partial charge in [-0.05, 0) is 61.9 Å². The lowest BCUT2D eigenvalue weighted by Gasteiger charge is -2.46. The minimum absolute atomic E-state index is 1.04. The van der Waals surface area contributed by atoms with E-state index in [9.17, 15) is 0 Å². The SMILES string of the molecule is CC1CCC2C[C@@H]([C@@H]3CCNC3)C12. The second-order valence-corrected chi connectivity index (χ2v) is 5.54. The summed E-state index contributed by atoms with van der Waals surface area (Å²) < 4.78 is 0. The van der Waals surface area contributed by atoms with Crippen LogP contribution in [0.25, 0.3) is 0 Å². The largest absolute Gasteiger partial charge is 0.316 e. The van der Waals surface area contributed by atoms with E-state index in [0.29, 0.717) is 0 Å². The van der Waals surface area contributed by atoms with Crippen molar-refractivity contribution in [2.24, 2.45) is 29.6 Å². The lowest BCUT2D eigenvalue weighted by Crippen LogP contribution is -2.41. The highest BCUT2D eigenvalue weighted by Gasteiger charge is 2.50. The molecule has 3 aliphatic rings. The van der Waals surface area contributed by atoms with Crippen molar-refractivity contribution >= 4 is 0 Å². The average molecular weight is 179 g/mol. The Morgan fingerprint density at radius 2 is 2.00 bits per heavy atom. The molecular formula is C12H21N. The van der Waals surface area contributed by atoms with Crippen LogP contribution in [-0.2, 0) is 0 Å². The summed E-state index contributed by atoms with van der Waals surface area (Å²) in [5, 5.41) is 3.52. The molecule has 0 aromatic carbocycles. The molecule has 0 aromatic rings. The topological polar surface area (TPSA) is 12.0 Å². The summed E-state index contributed by atoms with van der Waals surface area (Å²) in [5.74, 6) is 5.47. The normalized spacial score (nSPS) is 54.7. The molecule has 74 valence electrons. The van der Waals surface area contributed by atoms with Gasteiger partial charge in [0.15, 0.2) is 0 Å². The quantitative estimate of drug-likeness (QED) is 0.651. The molecule has 1 nitrogen and oxygen atoms in total. The van der Waals surface area contributed by atoms with Crippen molar-refractivity contribution in [2.45, 2.75) is 32.6 Å². The number of nitrogens with one attached hydrogen (secondary N) is 1. The molecule has 3 unspecified atom stereocenters. The molecular weight excluding hydrogens is 158 g/mol. The fourth-order valence-corrected chi connectivity index (χ4v) is 4.23. The van der Waals surface area contributed by atoms with Gasteiger partial charge < -0.3 is 5.32 Å². The predicted molar refractivity (Wildman–Crippen MR) is 54.5 cm³/mol. The molecule has 0 amide bonds. The van der Waals surface area contributed by atoms with Crippen LogP contribution in [0.5, 0.6) is 0 Å². The number of fused-ring (bicyclic) bond motifs is 1. The van der Waals surface area contributed by atoms with E-state index in [2.05, 4.69) is 12.2 Å². The van der Waals surface area contributed by atoms with Crippen molar-refractivity contribution < 1.29 is 0 Å². The Bertz CT molecular complexity index is 189. The smallest absolute Gasteiger partial charge is 0.00173 e. The zero-order valence-corrected chi connectivity index (χ0v) is 8.63. The fourth-order valence-electron chi connectivity index (χ4n) is 4.23. The van der Waals surface area contributed by atoms with Gasteiger partial charge in [-0.3, -0.25) is 0 Å². The lowest BCUT2D eigenvalue weighted by atomic mass is 9.59. The summed E-state index contributed by atoms with van der Waals surface area (Å²) in [4.78, 5) is 0. The molecule has 0 aromatic heterocycles. The molecule has 3 fully saturated rings. The molecule has 1 saturated heterocycles. The third-order valence-electron chi connectivity index (χ3n) is 4.97. The van der Waals surface area contributed by atoms with E-state index in [1.807, 2.05) is 0 Å². The van der Waals surface area contributed by atoms with E-state index in [-0.39, 0.29) is 0 Å². The van der Waals surface area contributed by atoms with Crippen LogP contribution >= 0.6 is 0 Å². The van der Waals surface area contributed by atoms with Gasteiger partial charge >= 0.3 is 0 Å². The van der Waals surface area contributed by atoms with Gasteiger partial charge in [0.1, 0.15) is 0 Å². The van der Waals surface area contributed by atoms with Gasteiger partial charge in [0.2, 0.25) is 0 Å². The molecule has 1 heteroatoms. The van der Waals surface area contributed by atoms with E-state index in [4.69, 9.17) is 0 Å². The molecule has 2 saturated carbocycles. The minimum atomic E-state index is 1.04. The van der Waals surface area contributed by atoms with Gasteiger partial charge in [-0.15, -0.1) is 0 Å². The van der Waals surface area contributed by atoms with Crippen LogP contribution in [0, 0.1) is 29.6 Å². The van der Waals surface area contributed by atoms with Crippen molar-refractivity contribution in [3.8, 4) is 0 Å². The third kappa shape index (κ3) is 1.16. The van der Waals surface area contributed by atoms with E-state index >= 15 is 0 Å². The molecule has 1 N–H and O–H groups in total. The van der Waals surface area contributed by atoms with Crippen molar-refractivity contribution in [2.75, 3.05) is 13.1 Å². The molecule has 13 heavy (non-hydrogen) atoms. The van der Waals surface area contributed by atoms with Crippen LogP contribution in [0.3, 0.4) is 0 Å². The molecule has 1 aliphatic heterocycles. The zero-order chi connectivity index (χ0) is 8.84. The van der Waals surface area contributed by atoms with Crippen LogP contribution in [-0.4, -0.2) is 13.1 Å². The first kappa shape index (κ1) is 8.28. The summed E-state index contributed by atoms with van der Waals surface area (Å²) in [7, 11) is 0. The Morgan fingerprint density at radius 3 is 2.69 bits per heavy atom. The summed E-state index contributed by atoms with van der Waals surface area (Å²) in [5.41, 5.74) is 0. The standard InChI is InChI=1S/C12H21N/c1-8-2-3-9-6-11(12(8)9)10-4-5-13-7-10/h8-13H,2-7H2,1H3/t8?,9?,10-,11+,12?/m1/s1. The van der Waals surface area contributed by atoms with Crippen LogP contribution in [0.1, 0.15) is 32.6 Å². The Labute approximate surface area is 81.3 Å². The Hall–Kier alpha value is -0.0400. The van der Waals surface area contributed by atoms with Gasteiger partial charge in [-0.2, -0.15) is 0 Å². The van der Waals surface area contributed by atoms with Crippen LogP contribution in [0.15, 0.2) is 0 Å². The first-order chi connectivity index (χ1) is 6.36. The highest BCUT2D eigenvalue weighted by Crippen LogP contribution is 2.57. The van der Waals surface area contributed by atoms with Gasteiger partial charge in [-0.25, -0.2) is 0 Å². The van der Waals surface area contributed by atoms with E-state index in [1.54, 1.807) is 12.8 Å². The predicted octanol–water partition coefficient (Wildman–Crippen LogP) is 2.28. The maximum Gasteiger partial charge on any atom is -0.00173 e. The fraction of sp³-hybridized carbons (Fsp3) is 1.00. The monoisotopic (exact) mass is 179 g/mol. The van der Waals surface area contributed by atoms with Gasteiger partial charge in [-0.1, -0.05) is 13.3 Å². The van der Waals surface area contributed by atoms with E-state index in [0.717, 1.165) is 29.6 Å². The average Bonchev–Trinajstić information content (AvgIpc) is 2.62. The number of rotatable bonds is 1. The van der Waals surface area contributed by atoms with E-state index in [1.165, 1.54) is 25.9 Å². The van der Waals surface area contributed by atoms with Crippen molar-refractivity contribution in [3.05, 3.63) is 0 Å². The lowest BCUT2D eigenvalue weighted by molar-refractivity contribution is 0.0309. The molecule has 5 atom stereocenters. The summed E-state index contributed by atoms with van der Waals surface area (Å²) >= 11 is 0. The molecule has 2 aliphatic carbocycles. The Kier molecular flexibility index (Phi) is 1.90. The van der Waals surface area contributed by atoms with Gasteiger partial charge in [0.25, 0.3) is 0 Å². The van der Waals surface area contributed by atoms with Crippen molar-refractivity contribution in [1.29, 1.82) is 0 Å². The molecule has 0 bridgehead atoms. The molecule has 3 rings (SSSR count). The highest BCUT2D eigenvalue weighted by molar-refractivity contribution is 5.00.